The lowest BCUT2D eigenvalue weighted by Crippen LogP contribution is -2.32. The van der Waals surface area contributed by atoms with Crippen molar-refractivity contribution in [3.05, 3.63) is 12.4 Å². The molecule has 1 aliphatic rings. The van der Waals surface area contributed by atoms with E-state index in [1.165, 1.54) is 12.8 Å². The van der Waals surface area contributed by atoms with Gasteiger partial charge in [0.05, 0.1) is 0 Å². The second-order valence-corrected chi connectivity index (χ2v) is 5.33. The number of amides is 1. The molecule has 1 amide bonds. The number of rotatable bonds is 6. The highest BCUT2D eigenvalue weighted by atomic mass is 16.1. The summed E-state index contributed by atoms with van der Waals surface area (Å²) in [6.07, 6.45) is 4.05. The van der Waals surface area contributed by atoms with Crippen molar-refractivity contribution in [2.45, 2.75) is 26.7 Å². The molecule has 0 spiro atoms. The second kappa shape index (κ2) is 7.07. The van der Waals surface area contributed by atoms with Gasteiger partial charge in [0.1, 0.15) is 18.0 Å². The van der Waals surface area contributed by atoms with Crippen molar-refractivity contribution >= 4 is 17.5 Å². The van der Waals surface area contributed by atoms with Crippen LogP contribution >= 0.6 is 0 Å². The Hall–Kier alpha value is -1.85. The number of carbonyl (C=O) groups is 1. The fourth-order valence-electron chi connectivity index (χ4n) is 2.14. The first-order valence-corrected chi connectivity index (χ1v) is 7.25. The third kappa shape index (κ3) is 4.08. The summed E-state index contributed by atoms with van der Waals surface area (Å²) in [7, 11) is 0. The molecule has 110 valence electrons. The van der Waals surface area contributed by atoms with Gasteiger partial charge in [-0.25, -0.2) is 9.97 Å². The van der Waals surface area contributed by atoms with Gasteiger partial charge in [-0.3, -0.25) is 4.79 Å². The van der Waals surface area contributed by atoms with E-state index in [1.807, 2.05) is 19.9 Å². The maximum Gasteiger partial charge on any atom is 0.222 e. The normalized spacial score (nSPS) is 14.7. The molecule has 0 atom stereocenters. The Morgan fingerprint density at radius 1 is 1.30 bits per heavy atom. The summed E-state index contributed by atoms with van der Waals surface area (Å²) in [5.74, 6) is 1.88. The number of aromatic nitrogens is 2. The molecule has 1 aromatic rings. The molecule has 2 rings (SSSR count). The predicted molar refractivity (Wildman–Crippen MR) is 79.8 cm³/mol. The molecule has 6 nitrogen and oxygen atoms in total. The van der Waals surface area contributed by atoms with Crippen LogP contribution in [0.15, 0.2) is 12.4 Å². The molecule has 1 aromatic heterocycles. The summed E-state index contributed by atoms with van der Waals surface area (Å²) >= 11 is 0. The van der Waals surface area contributed by atoms with Crippen LogP contribution in [0, 0.1) is 5.92 Å². The van der Waals surface area contributed by atoms with Crippen LogP contribution in [0.3, 0.4) is 0 Å². The number of hydrogen-bond donors (Lipinski definition) is 2. The molecule has 0 radical (unpaired) electrons. The van der Waals surface area contributed by atoms with Gasteiger partial charge in [0.15, 0.2) is 0 Å². The number of anilines is 2. The molecule has 2 N–H and O–H groups in total. The van der Waals surface area contributed by atoms with Gasteiger partial charge in [0.2, 0.25) is 5.91 Å². The summed E-state index contributed by atoms with van der Waals surface area (Å²) in [5.41, 5.74) is 0. The third-order valence-corrected chi connectivity index (χ3v) is 3.34. The Kier molecular flexibility index (Phi) is 5.15. The zero-order chi connectivity index (χ0) is 14.4. The van der Waals surface area contributed by atoms with E-state index in [0.29, 0.717) is 13.1 Å². The molecule has 0 bridgehead atoms. The molecule has 0 saturated carbocycles. The molecule has 1 saturated heterocycles. The minimum atomic E-state index is 0.0239. The van der Waals surface area contributed by atoms with Crippen molar-refractivity contribution in [1.82, 2.24) is 15.3 Å². The van der Waals surface area contributed by atoms with Crippen molar-refractivity contribution < 1.29 is 4.79 Å². The van der Waals surface area contributed by atoms with Gasteiger partial charge in [-0.1, -0.05) is 13.8 Å². The van der Waals surface area contributed by atoms with Gasteiger partial charge in [0.25, 0.3) is 0 Å². The smallest absolute Gasteiger partial charge is 0.222 e. The van der Waals surface area contributed by atoms with E-state index in [9.17, 15) is 4.79 Å². The molecule has 0 aliphatic carbocycles. The Morgan fingerprint density at radius 3 is 2.75 bits per heavy atom. The molecular weight excluding hydrogens is 254 g/mol. The quantitative estimate of drug-likeness (QED) is 0.766. The average Bonchev–Trinajstić information content (AvgIpc) is 2.97. The van der Waals surface area contributed by atoms with Crippen LogP contribution < -0.4 is 15.5 Å². The van der Waals surface area contributed by atoms with E-state index < -0.39 is 0 Å². The maximum atomic E-state index is 11.4. The van der Waals surface area contributed by atoms with E-state index in [0.717, 1.165) is 24.7 Å². The SMILES string of the molecule is CC(C)C(=O)NCCNc1cc(N2CCCC2)ncn1. The van der Waals surface area contributed by atoms with Crippen molar-refractivity contribution in [2.24, 2.45) is 5.92 Å². The topological polar surface area (TPSA) is 70.2 Å². The fourth-order valence-corrected chi connectivity index (χ4v) is 2.14. The van der Waals surface area contributed by atoms with Crippen molar-refractivity contribution in [2.75, 3.05) is 36.4 Å². The van der Waals surface area contributed by atoms with Crippen molar-refractivity contribution in [3.63, 3.8) is 0 Å². The van der Waals surface area contributed by atoms with E-state index in [-0.39, 0.29) is 11.8 Å². The minimum Gasteiger partial charge on any atom is -0.368 e. The molecular formula is C14H23N5O. The van der Waals surface area contributed by atoms with Crippen molar-refractivity contribution in [3.8, 4) is 0 Å². The van der Waals surface area contributed by atoms with E-state index in [4.69, 9.17) is 0 Å². The van der Waals surface area contributed by atoms with Crippen molar-refractivity contribution in [1.29, 1.82) is 0 Å². The lowest BCUT2D eigenvalue weighted by Gasteiger charge is -2.16. The van der Waals surface area contributed by atoms with Gasteiger partial charge in [0, 0.05) is 38.2 Å². The van der Waals surface area contributed by atoms with Crippen LogP contribution in [-0.2, 0) is 4.79 Å². The lowest BCUT2D eigenvalue weighted by atomic mass is 10.2. The Balaban J connectivity index is 1.78. The summed E-state index contributed by atoms with van der Waals surface area (Å²) in [4.78, 5) is 22.2. The summed E-state index contributed by atoms with van der Waals surface area (Å²) in [5, 5.41) is 6.08. The minimum absolute atomic E-state index is 0.0239. The van der Waals surface area contributed by atoms with Gasteiger partial charge in [-0.2, -0.15) is 0 Å². The van der Waals surface area contributed by atoms with Crippen LogP contribution in [0.25, 0.3) is 0 Å². The van der Waals surface area contributed by atoms with Gasteiger partial charge >= 0.3 is 0 Å². The average molecular weight is 277 g/mol. The van der Waals surface area contributed by atoms with Gasteiger partial charge in [-0.15, -0.1) is 0 Å². The first-order valence-electron chi connectivity index (χ1n) is 7.25. The first kappa shape index (κ1) is 14.6. The lowest BCUT2D eigenvalue weighted by molar-refractivity contribution is -0.123. The third-order valence-electron chi connectivity index (χ3n) is 3.34. The first-order chi connectivity index (χ1) is 9.66. The number of carbonyl (C=O) groups excluding carboxylic acids is 1. The number of hydrogen-bond acceptors (Lipinski definition) is 5. The standard InChI is InChI=1S/C14H23N5O/c1-11(2)14(20)16-6-5-15-12-9-13(18-10-17-12)19-7-3-4-8-19/h9-11H,3-8H2,1-2H3,(H,16,20)(H,15,17,18). The van der Waals surface area contributed by atoms with Gasteiger partial charge in [-0.05, 0) is 12.8 Å². The number of nitrogens with one attached hydrogen (secondary N) is 2. The largest absolute Gasteiger partial charge is 0.368 e. The summed E-state index contributed by atoms with van der Waals surface area (Å²) in [6.45, 7) is 7.17. The molecule has 0 aromatic carbocycles. The zero-order valence-electron chi connectivity index (χ0n) is 12.2. The molecule has 20 heavy (non-hydrogen) atoms. The summed E-state index contributed by atoms with van der Waals surface area (Å²) in [6, 6.07) is 1.97. The Labute approximate surface area is 120 Å². The molecule has 0 unspecified atom stereocenters. The highest BCUT2D eigenvalue weighted by Gasteiger charge is 2.13. The Morgan fingerprint density at radius 2 is 2.05 bits per heavy atom. The van der Waals surface area contributed by atoms with Gasteiger partial charge < -0.3 is 15.5 Å². The van der Waals surface area contributed by atoms with E-state index in [1.54, 1.807) is 6.33 Å². The fraction of sp³-hybridized carbons (Fsp3) is 0.643. The van der Waals surface area contributed by atoms with E-state index in [2.05, 4.69) is 25.5 Å². The molecule has 2 heterocycles. The second-order valence-electron chi connectivity index (χ2n) is 5.33. The molecule has 1 fully saturated rings. The monoisotopic (exact) mass is 277 g/mol. The maximum absolute atomic E-state index is 11.4. The molecule has 6 heteroatoms. The predicted octanol–water partition coefficient (Wildman–Crippen LogP) is 1.26. The van der Waals surface area contributed by atoms with Crippen LogP contribution in [0.4, 0.5) is 11.6 Å². The van der Waals surface area contributed by atoms with Crippen LogP contribution in [0.5, 0.6) is 0 Å². The summed E-state index contributed by atoms with van der Waals surface area (Å²) < 4.78 is 0. The highest BCUT2D eigenvalue weighted by Crippen LogP contribution is 2.18. The molecule has 1 aliphatic heterocycles. The van der Waals surface area contributed by atoms with Crippen LogP contribution in [-0.4, -0.2) is 42.1 Å². The number of nitrogens with zero attached hydrogens (tertiary/aromatic N) is 3. The highest BCUT2D eigenvalue weighted by molar-refractivity contribution is 5.77. The van der Waals surface area contributed by atoms with Crippen LogP contribution in [0.1, 0.15) is 26.7 Å². The van der Waals surface area contributed by atoms with E-state index >= 15 is 0 Å². The van der Waals surface area contributed by atoms with Crippen LogP contribution in [0.2, 0.25) is 0 Å². The zero-order valence-corrected chi connectivity index (χ0v) is 12.2. The Bertz CT molecular complexity index is 443.